The highest BCUT2D eigenvalue weighted by atomic mass is 16.1. The topological polar surface area (TPSA) is 68.2 Å². The van der Waals surface area contributed by atoms with Crippen LogP contribution >= 0.6 is 0 Å². The number of nitrogens with one attached hydrogen (secondary N) is 2. The molecular formula is C16H22N4O. The molecule has 0 radical (unpaired) electrons. The number of anilines is 1. The molecule has 1 aromatic carbocycles. The lowest BCUT2D eigenvalue weighted by molar-refractivity contribution is -0.112. The van der Waals surface area contributed by atoms with Crippen LogP contribution in [0, 0.1) is 18.3 Å². The van der Waals surface area contributed by atoms with E-state index in [9.17, 15) is 4.79 Å². The summed E-state index contributed by atoms with van der Waals surface area (Å²) in [5.41, 5.74) is 1.75. The molecule has 112 valence electrons. The maximum atomic E-state index is 12.0. The second-order valence-corrected chi connectivity index (χ2v) is 5.05. The van der Waals surface area contributed by atoms with Gasteiger partial charge >= 0.3 is 0 Å². The molecule has 0 bridgehead atoms. The first-order chi connectivity index (χ1) is 10.0. The molecule has 0 atom stereocenters. The molecule has 0 heterocycles. The Hall–Kier alpha value is -2.32. The molecule has 5 nitrogen and oxygen atoms in total. The van der Waals surface area contributed by atoms with Crippen LogP contribution in [0.1, 0.15) is 12.0 Å². The number of hydrogen-bond donors (Lipinski definition) is 2. The Bertz CT molecular complexity index is 543. The highest BCUT2D eigenvalue weighted by Gasteiger charge is 2.09. The monoisotopic (exact) mass is 286 g/mol. The summed E-state index contributed by atoms with van der Waals surface area (Å²) in [6, 6.07) is 9.38. The van der Waals surface area contributed by atoms with Crippen molar-refractivity contribution in [3.05, 3.63) is 41.6 Å². The van der Waals surface area contributed by atoms with Gasteiger partial charge in [-0.05, 0) is 45.6 Å². The van der Waals surface area contributed by atoms with E-state index in [0.29, 0.717) is 0 Å². The van der Waals surface area contributed by atoms with Crippen molar-refractivity contribution in [3.63, 3.8) is 0 Å². The van der Waals surface area contributed by atoms with Gasteiger partial charge in [0, 0.05) is 18.4 Å². The van der Waals surface area contributed by atoms with E-state index in [2.05, 4.69) is 15.5 Å². The Morgan fingerprint density at radius 2 is 2.10 bits per heavy atom. The molecule has 5 heteroatoms. The fourth-order valence-corrected chi connectivity index (χ4v) is 1.72. The van der Waals surface area contributed by atoms with Crippen molar-refractivity contribution >= 4 is 11.6 Å². The molecule has 1 rings (SSSR count). The number of carbonyl (C=O) groups is 1. The van der Waals surface area contributed by atoms with E-state index >= 15 is 0 Å². The molecule has 0 aliphatic carbocycles. The maximum absolute atomic E-state index is 12.0. The van der Waals surface area contributed by atoms with Gasteiger partial charge in [-0.15, -0.1) is 0 Å². The van der Waals surface area contributed by atoms with Crippen LogP contribution in [0.3, 0.4) is 0 Å². The number of hydrogen-bond acceptors (Lipinski definition) is 4. The molecule has 1 aromatic rings. The van der Waals surface area contributed by atoms with Crippen molar-refractivity contribution in [2.75, 3.05) is 32.5 Å². The number of amides is 1. The van der Waals surface area contributed by atoms with Gasteiger partial charge in [-0.2, -0.15) is 5.26 Å². The minimum Gasteiger partial charge on any atom is -0.390 e. The zero-order valence-corrected chi connectivity index (χ0v) is 12.8. The van der Waals surface area contributed by atoms with Crippen molar-refractivity contribution in [2.24, 2.45) is 0 Å². The lowest BCUT2D eigenvalue weighted by Gasteiger charge is -2.09. The van der Waals surface area contributed by atoms with Gasteiger partial charge in [-0.3, -0.25) is 4.79 Å². The molecule has 0 unspecified atom stereocenters. The van der Waals surface area contributed by atoms with Crippen LogP contribution in [0.5, 0.6) is 0 Å². The lowest BCUT2D eigenvalue weighted by Crippen LogP contribution is -2.20. The van der Waals surface area contributed by atoms with Crippen LogP contribution in [0.4, 0.5) is 5.69 Å². The number of para-hydroxylation sites is 1. The van der Waals surface area contributed by atoms with Crippen molar-refractivity contribution in [1.29, 1.82) is 5.26 Å². The van der Waals surface area contributed by atoms with Crippen molar-refractivity contribution in [2.45, 2.75) is 13.3 Å². The zero-order chi connectivity index (χ0) is 15.7. The number of carbonyl (C=O) groups excluding carboxylic acids is 1. The fraction of sp³-hybridized carbons (Fsp3) is 0.375. The third kappa shape index (κ3) is 6.11. The molecular weight excluding hydrogens is 264 g/mol. The standard InChI is InChI=1S/C16H22N4O/c1-13-7-4-5-8-15(13)19-16(21)14(11-17)12-18-9-6-10-20(2)3/h4-5,7-8,12,18H,6,9-10H2,1-3H3,(H,19,21)/b14-12-. The number of rotatable bonds is 7. The number of aryl methyl sites for hydroxylation is 1. The highest BCUT2D eigenvalue weighted by molar-refractivity contribution is 6.06. The van der Waals surface area contributed by atoms with Gasteiger partial charge < -0.3 is 15.5 Å². The summed E-state index contributed by atoms with van der Waals surface area (Å²) in [6.45, 7) is 3.59. The SMILES string of the molecule is Cc1ccccc1NC(=O)/C(C#N)=C\NCCCN(C)C. The summed E-state index contributed by atoms with van der Waals surface area (Å²) in [7, 11) is 4.01. The van der Waals surface area contributed by atoms with Crippen molar-refractivity contribution < 1.29 is 4.79 Å². The molecule has 2 N–H and O–H groups in total. The Labute approximate surface area is 126 Å². The first kappa shape index (κ1) is 16.7. The van der Waals surface area contributed by atoms with Gasteiger partial charge in [0.1, 0.15) is 11.6 Å². The molecule has 0 aromatic heterocycles. The smallest absolute Gasteiger partial charge is 0.267 e. The van der Waals surface area contributed by atoms with Crippen LogP contribution in [-0.2, 0) is 4.79 Å². The van der Waals surface area contributed by atoms with Crippen LogP contribution in [-0.4, -0.2) is 38.0 Å². The van der Waals surface area contributed by atoms with E-state index in [1.165, 1.54) is 6.20 Å². The summed E-state index contributed by atoms with van der Waals surface area (Å²) < 4.78 is 0. The maximum Gasteiger partial charge on any atom is 0.267 e. The molecule has 0 saturated heterocycles. The normalized spacial score (nSPS) is 11.1. The van der Waals surface area contributed by atoms with E-state index in [-0.39, 0.29) is 5.57 Å². The molecule has 21 heavy (non-hydrogen) atoms. The minimum atomic E-state index is -0.396. The summed E-state index contributed by atoms with van der Waals surface area (Å²) >= 11 is 0. The number of nitriles is 1. The van der Waals surface area contributed by atoms with Crippen LogP contribution in [0.25, 0.3) is 0 Å². The van der Waals surface area contributed by atoms with Crippen molar-refractivity contribution in [1.82, 2.24) is 10.2 Å². The quantitative estimate of drug-likeness (QED) is 0.456. The third-order valence-electron chi connectivity index (χ3n) is 2.93. The largest absolute Gasteiger partial charge is 0.390 e. The van der Waals surface area contributed by atoms with E-state index < -0.39 is 5.91 Å². The van der Waals surface area contributed by atoms with Gasteiger partial charge in [0.25, 0.3) is 5.91 Å². The molecule has 0 spiro atoms. The predicted octanol–water partition coefficient (Wildman–Crippen LogP) is 1.88. The molecule has 0 fully saturated rings. The van der Waals surface area contributed by atoms with Crippen LogP contribution < -0.4 is 10.6 Å². The van der Waals surface area contributed by atoms with Crippen LogP contribution in [0.15, 0.2) is 36.0 Å². The van der Waals surface area contributed by atoms with E-state index in [0.717, 1.165) is 30.8 Å². The average molecular weight is 286 g/mol. The Balaban J connectivity index is 2.54. The average Bonchev–Trinajstić information content (AvgIpc) is 2.45. The predicted molar refractivity (Wildman–Crippen MR) is 84.7 cm³/mol. The lowest BCUT2D eigenvalue weighted by atomic mass is 10.2. The van der Waals surface area contributed by atoms with E-state index in [1.54, 1.807) is 0 Å². The molecule has 0 saturated carbocycles. The molecule has 0 aliphatic heterocycles. The summed E-state index contributed by atoms with van der Waals surface area (Å²) in [4.78, 5) is 14.1. The summed E-state index contributed by atoms with van der Waals surface area (Å²) in [5, 5.41) is 14.8. The van der Waals surface area contributed by atoms with E-state index in [1.807, 2.05) is 51.4 Å². The zero-order valence-electron chi connectivity index (χ0n) is 12.8. The third-order valence-corrected chi connectivity index (χ3v) is 2.93. The van der Waals surface area contributed by atoms with Gasteiger partial charge in [-0.1, -0.05) is 18.2 Å². The Morgan fingerprint density at radius 3 is 2.71 bits per heavy atom. The number of benzene rings is 1. The summed E-state index contributed by atoms with van der Waals surface area (Å²) in [5.74, 6) is -0.396. The Morgan fingerprint density at radius 1 is 1.38 bits per heavy atom. The second-order valence-electron chi connectivity index (χ2n) is 5.05. The van der Waals surface area contributed by atoms with Gasteiger partial charge in [0.05, 0.1) is 0 Å². The van der Waals surface area contributed by atoms with Gasteiger partial charge in [-0.25, -0.2) is 0 Å². The number of nitrogens with zero attached hydrogens (tertiary/aromatic N) is 2. The van der Waals surface area contributed by atoms with E-state index in [4.69, 9.17) is 5.26 Å². The minimum absolute atomic E-state index is 0.0723. The van der Waals surface area contributed by atoms with Gasteiger partial charge in [0.15, 0.2) is 0 Å². The highest BCUT2D eigenvalue weighted by Crippen LogP contribution is 2.13. The van der Waals surface area contributed by atoms with Crippen LogP contribution in [0.2, 0.25) is 0 Å². The first-order valence-corrected chi connectivity index (χ1v) is 6.90. The van der Waals surface area contributed by atoms with Gasteiger partial charge in [0.2, 0.25) is 0 Å². The second kappa shape index (κ2) is 8.77. The fourth-order valence-electron chi connectivity index (χ4n) is 1.72. The van der Waals surface area contributed by atoms with Crippen molar-refractivity contribution in [3.8, 4) is 6.07 Å². The molecule has 1 amide bonds. The molecule has 0 aliphatic rings. The first-order valence-electron chi connectivity index (χ1n) is 6.90. The Kier molecular flexibility index (Phi) is 6.99. The summed E-state index contributed by atoms with van der Waals surface area (Å²) in [6.07, 6.45) is 2.42.